The van der Waals surface area contributed by atoms with Gasteiger partial charge in [-0.15, -0.1) is 0 Å². The van der Waals surface area contributed by atoms with Crippen LogP contribution < -0.4 is 14.9 Å². The Morgan fingerprint density at radius 3 is 2.11 bits per heavy atom. The predicted octanol–water partition coefficient (Wildman–Crippen LogP) is 5.41. The van der Waals surface area contributed by atoms with Crippen molar-refractivity contribution in [3.05, 3.63) is 120 Å². The molecule has 0 spiro atoms. The highest BCUT2D eigenvalue weighted by atomic mass is 16.5. The Bertz CT molecular complexity index is 1320. The number of carbonyl (C=O) groups excluding carboxylic acids is 2. The van der Waals surface area contributed by atoms with E-state index in [1.54, 1.807) is 36.4 Å². The van der Waals surface area contributed by atoms with Gasteiger partial charge < -0.3 is 9.47 Å². The van der Waals surface area contributed by atoms with Gasteiger partial charge in [-0.1, -0.05) is 60.7 Å². The van der Waals surface area contributed by atoms with Crippen molar-refractivity contribution in [3.8, 4) is 22.6 Å². The Balaban J connectivity index is 1.23. The second-order valence-electron chi connectivity index (χ2n) is 7.75. The van der Waals surface area contributed by atoms with Gasteiger partial charge in [0.05, 0.1) is 11.8 Å². The van der Waals surface area contributed by atoms with Crippen molar-refractivity contribution in [1.29, 1.82) is 0 Å². The highest BCUT2D eigenvalue weighted by Gasteiger charge is 2.10. The van der Waals surface area contributed by atoms with E-state index in [1.807, 2.05) is 73.7 Å². The minimum absolute atomic E-state index is 0.157. The number of hydrogen-bond donors (Lipinski definition) is 1. The molecule has 1 N–H and O–H groups in total. The molecule has 0 unspecified atom stereocenters. The van der Waals surface area contributed by atoms with E-state index in [1.165, 1.54) is 6.21 Å². The number of hydrazone groups is 1. The fourth-order valence-corrected chi connectivity index (χ4v) is 3.32. The maximum Gasteiger partial charge on any atom is 0.343 e. The molecule has 0 heterocycles. The van der Waals surface area contributed by atoms with E-state index in [4.69, 9.17) is 9.47 Å². The first-order valence-corrected chi connectivity index (χ1v) is 11.1. The summed E-state index contributed by atoms with van der Waals surface area (Å²) in [5, 5.41) is 3.95. The zero-order valence-electron chi connectivity index (χ0n) is 19.2. The standard InChI is InChI=1S/C29H24N2O4/c1-21-7-5-6-10-27(21)29(33)35-26-15-11-22(12-16-26)19-30-31-28(32)20-34-25-17-13-24(14-18-25)23-8-3-2-4-9-23/h2-19H,20H2,1H3,(H,31,32)/b30-19-. The molecule has 0 aliphatic heterocycles. The van der Waals surface area contributed by atoms with Crippen LogP contribution >= 0.6 is 0 Å². The first kappa shape index (κ1) is 23.4. The lowest BCUT2D eigenvalue weighted by atomic mass is 10.1. The molecule has 0 saturated carbocycles. The summed E-state index contributed by atoms with van der Waals surface area (Å²) in [4.78, 5) is 24.3. The Morgan fingerprint density at radius 1 is 0.771 bits per heavy atom. The number of nitrogens with zero attached hydrogens (tertiary/aromatic N) is 1. The van der Waals surface area contributed by atoms with Crippen molar-refractivity contribution in [3.63, 3.8) is 0 Å². The minimum Gasteiger partial charge on any atom is -0.484 e. The van der Waals surface area contributed by atoms with Crippen LogP contribution in [0.5, 0.6) is 11.5 Å². The number of benzene rings is 4. The second-order valence-corrected chi connectivity index (χ2v) is 7.75. The molecule has 0 aliphatic rings. The van der Waals surface area contributed by atoms with Gasteiger partial charge in [-0.05, 0) is 71.6 Å². The number of amides is 1. The lowest BCUT2D eigenvalue weighted by Crippen LogP contribution is -2.24. The van der Waals surface area contributed by atoms with Gasteiger partial charge in [0.15, 0.2) is 6.61 Å². The second kappa shape index (κ2) is 11.4. The SMILES string of the molecule is Cc1ccccc1C(=O)Oc1ccc(/C=N\NC(=O)COc2ccc(-c3ccccc3)cc2)cc1. The summed E-state index contributed by atoms with van der Waals surface area (Å²) in [5.74, 6) is 0.231. The molecular weight excluding hydrogens is 440 g/mol. The summed E-state index contributed by atoms with van der Waals surface area (Å²) >= 11 is 0. The Kier molecular flexibility index (Phi) is 7.66. The van der Waals surface area contributed by atoms with Gasteiger partial charge in [0, 0.05) is 0 Å². The summed E-state index contributed by atoms with van der Waals surface area (Å²) in [5.41, 5.74) is 6.73. The van der Waals surface area contributed by atoms with Gasteiger partial charge in [-0.25, -0.2) is 10.2 Å². The van der Waals surface area contributed by atoms with E-state index in [9.17, 15) is 9.59 Å². The highest BCUT2D eigenvalue weighted by molar-refractivity contribution is 5.92. The summed E-state index contributed by atoms with van der Waals surface area (Å²) < 4.78 is 10.9. The molecule has 6 nitrogen and oxygen atoms in total. The van der Waals surface area contributed by atoms with Crippen LogP contribution in [0.3, 0.4) is 0 Å². The van der Waals surface area contributed by atoms with Crippen molar-refractivity contribution in [2.45, 2.75) is 6.92 Å². The van der Waals surface area contributed by atoms with Crippen molar-refractivity contribution < 1.29 is 19.1 Å². The predicted molar refractivity (Wildman–Crippen MR) is 136 cm³/mol. The van der Waals surface area contributed by atoms with E-state index in [-0.39, 0.29) is 12.5 Å². The van der Waals surface area contributed by atoms with Crippen molar-refractivity contribution in [2.75, 3.05) is 6.61 Å². The summed E-state index contributed by atoms with van der Waals surface area (Å²) in [6, 6.07) is 31.6. The molecular formula is C29H24N2O4. The van der Waals surface area contributed by atoms with Crippen LogP contribution in [0, 0.1) is 6.92 Å². The molecule has 174 valence electrons. The maximum absolute atomic E-state index is 12.3. The number of esters is 1. The van der Waals surface area contributed by atoms with Crippen molar-refractivity contribution >= 4 is 18.1 Å². The van der Waals surface area contributed by atoms with Gasteiger partial charge in [0.2, 0.25) is 0 Å². The van der Waals surface area contributed by atoms with Gasteiger partial charge in [-0.3, -0.25) is 4.79 Å². The monoisotopic (exact) mass is 464 g/mol. The Morgan fingerprint density at radius 2 is 1.40 bits per heavy atom. The van der Waals surface area contributed by atoms with Gasteiger partial charge in [0.25, 0.3) is 5.91 Å². The molecule has 0 aliphatic carbocycles. The molecule has 1 amide bonds. The molecule has 6 heteroatoms. The van der Waals surface area contributed by atoms with Crippen molar-refractivity contribution in [1.82, 2.24) is 5.43 Å². The molecule has 4 aromatic carbocycles. The number of rotatable bonds is 8. The van der Waals surface area contributed by atoms with E-state index in [0.717, 1.165) is 22.3 Å². The quantitative estimate of drug-likeness (QED) is 0.164. The average molecular weight is 465 g/mol. The summed E-state index contributed by atoms with van der Waals surface area (Å²) in [6.45, 7) is 1.70. The van der Waals surface area contributed by atoms with Crippen LogP contribution in [0.15, 0.2) is 108 Å². The molecule has 0 fully saturated rings. The lowest BCUT2D eigenvalue weighted by molar-refractivity contribution is -0.123. The largest absolute Gasteiger partial charge is 0.484 e. The fourth-order valence-electron chi connectivity index (χ4n) is 3.32. The van der Waals surface area contributed by atoms with Crippen LogP contribution in [0.25, 0.3) is 11.1 Å². The number of ether oxygens (including phenoxy) is 2. The fraction of sp³-hybridized carbons (Fsp3) is 0.0690. The Labute approximate surface area is 203 Å². The first-order valence-electron chi connectivity index (χ1n) is 11.1. The van der Waals surface area contributed by atoms with Crippen LogP contribution in [-0.2, 0) is 4.79 Å². The zero-order chi connectivity index (χ0) is 24.5. The Hall–Kier alpha value is -4.71. The molecule has 4 rings (SSSR count). The van der Waals surface area contributed by atoms with Gasteiger partial charge in [0.1, 0.15) is 11.5 Å². The molecule has 35 heavy (non-hydrogen) atoms. The van der Waals surface area contributed by atoms with E-state index in [2.05, 4.69) is 10.5 Å². The van der Waals surface area contributed by atoms with Crippen LogP contribution in [0.1, 0.15) is 21.5 Å². The summed E-state index contributed by atoms with van der Waals surface area (Å²) in [6.07, 6.45) is 1.50. The number of hydrogen-bond acceptors (Lipinski definition) is 5. The molecule has 0 radical (unpaired) electrons. The third-order valence-corrected chi connectivity index (χ3v) is 5.19. The highest BCUT2D eigenvalue weighted by Crippen LogP contribution is 2.22. The molecule has 0 aromatic heterocycles. The van der Waals surface area contributed by atoms with Crippen LogP contribution in [-0.4, -0.2) is 24.7 Å². The lowest BCUT2D eigenvalue weighted by Gasteiger charge is -2.07. The molecule has 0 saturated heterocycles. The maximum atomic E-state index is 12.3. The smallest absolute Gasteiger partial charge is 0.343 e. The minimum atomic E-state index is -0.411. The van der Waals surface area contributed by atoms with Crippen LogP contribution in [0.4, 0.5) is 0 Å². The van der Waals surface area contributed by atoms with Crippen LogP contribution in [0.2, 0.25) is 0 Å². The third-order valence-electron chi connectivity index (χ3n) is 5.19. The van der Waals surface area contributed by atoms with E-state index >= 15 is 0 Å². The van der Waals surface area contributed by atoms with E-state index < -0.39 is 5.97 Å². The first-order chi connectivity index (χ1) is 17.1. The molecule has 4 aromatic rings. The topological polar surface area (TPSA) is 77.0 Å². The third kappa shape index (κ3) is 6.65. The summed E-state index contributed by atoms with van der Waals surface area (Å²) in [7, 11) is 0. The van der Waals surface area contributed by atoms with Crippen molar-refractivity contribution in [2.24, 2.45) is 5.10 Å². The zero-order valence-corrected chi connectivity index (χ0v) is 19.2. The number of carbonyl (C=O) groups is 2. The molecule has 0 bridgehead atoms. The average Bonchev–Trinajstić information content (AvgIpc) is 2.89. The number of nitrogens with one attached hydrogen (secondary N) is 1. The van der Waals surface area contributed by atoms with Gasteiger partial charge in [-0.2, -0.15) is 5.10 Å². The molecule has 0 atom stereocenters. The van der Waals surface area contributed by atoms with Gasteiger partial charge >= 0.3 is 5.97 Å². The normalized spacial score (nSPS) is 10.7. The van der Waals surface area contributed by atoms with E-state index in [0.29, 0.717) is 17.1 Å². The number of aryl methyl sites for hydroxylation is 1.